The Kier molecular flexibility index (Phi) is 9.27. The Morgan fingerprint density at radius 1 is 1.11 bits per heavy atom. The molecule has 0 aromatic carbocycles. The minimum atomic E-state index is -0.265. The van der Waals surface area contributed by atoms with E-state index in [-0.39, 0.29) is 23.7 Å². The Balaban J connectivity index is 4.41. The third-order valence-electron chi connectivity index (χ3n) is 3.18. The van der Waals surface area contributed by atoms with Gasteiger partial charge >= 0.3 is 5.97 Å². The topological polar surface area (TPSA) is 46.6 Å². The van der Waals surface area contributed by atoms with Crippen LogP contribution in [0.3, 0.4) is 0 Å². The Morgan fingerprint density at radius 2 is 1.74 bits per heavy atom. The van der Waals surface area contributed by atoms with Crippen molar-refractivity contribution in [3.8, 4) is 0 Å². The Labute approximate surface area is 117 Å². The summed E-state index contributed by atoms with van der Waals surface area (Å²) in [7, 11) is 1.38. The lowest BCUT2D eigenvalue weighted by Gasteiger charge is -2.26. The first kappa shape index (κ1) is 17.9. The second-order valence-electron chi connectivity index (χ2n) is 5.42. The highest BCUT2D eigenvalue weighted by molar-refractivity contribution is 5.79. The number of amides is 1. The summed E-state index contributed by atoms with van der Waals surface area (Å²) in [6.07, 6.45) is 4.50. The van der Waals surface area contributed by atoms with E-state index >= 15 is 0 Å². The summed E-state index contributed by atoms with van der Waals surface area (Å²) < 4.78 is 4.72. The number of ether oxygens (including phenoxy) is 1. The van der Waals surface area contributed by atoms with Crippen molar-refractivity contribution in [2.24, 2.45) is 11.8 Å². The van der Waals surface area contributed by atoms with Crippen LogP contribution < -0.4 is 0 Å². The van der Waals surface area contributed by atoms with Crippen LogP contribution in [0.15, 0.2) is 0 Å². The van der Waals surface area contributed by atoms with Crippen LogP contribution in [0.1, 0.15) is 53.4 Å². The van der Waals surface area contributed by atoms with Crippen molar-refractivity contribution in [2.45, 2.75) is 53.4 Å². The van der Waals surface area contributed by atoms with E-state index in [1.54, 1.807) is 6.92 Å². The zero-order valence-electron chi connectivity index (χ0n) is 13.1. The monoisotopic (exact) mass is 271 g/mol. The number of rotatable bonds is 9. The largest absolute Gasteiger partial charge is 0.469 e. The minimum Gasteiger partial charge on any atom is -0.469 e. The summed E-state index contributed by atoms with van der Waals surface area (Å²) in [5.74, 6) is -0.433. The van der Waals surface area contributed by atoms with E-state index in [1.165, 1.54) is 20.0 Å². The van der Waals surface area contributed by atoms with Crippen molar-refractivity contribution in [1.82, 2.24) is 4.90 Å². The SMILES string of the molecule is CCCCCCN(CC(C)C(=O)OC)C(=O)C(C)C. The molecule has 0 radical (unpaired) electrons. The molecule has 4 nitrogen and oxygen atoms in total. The number of esters is 1. The van der Waals surface area contributed by atoms with E-state index in [0.717, 1.165) is 19.4 Å². The van der Waals surface area contributed by atoms with Gasteiger partial charge in [0.25, 0.3) is 0 Å². The van der Waals surface area contributed by atoms with Crippen molar-refractivity contribution in [1.29, 1.82) is 0 Å². The maximum Gasteiger partial charge on any atom is 0.310 e. The lowest BCUT2D eigenvalue weighted by atomic mass is 10.1. The molecule has 19 heavy (non-hydrogen) atoms. The van der Waals surface area contributed by atoms with Gasteiger partial charge < -0.3 is 9.64 Å². The summed E-state index contributed by atoms with van der Waals surface area (Å²) in [6.45, 7) is 8.94. The first-order chi connectivity index (χ1) is 8.93. The van der Waals surface area contributed by atoms with E-state index in [1.807, 2.05) is 18.7 Å². The van der Waals surface area contributed by atoms with Crippen LogP contribution in [-0.4, -0.2) is 37.0 Å². The van der Waals surface area contributed by atoms with E-state index in [9.17, 15) is 9.59 Å². The molecule has 0 spiro atoms. The molecule has 0 saturated carbocycles. The van der Waals surface area contributed by atoms with Crippen LogP contribution in [0.2, 0.25) is 0 Å². The molecule has 0 N–H and O–H groups in total. The standard InChI is InChI=1S/C15H29NO3/c1-6-7-8-9-10-16(14(17)12(2)3)11-13(4)15(18)19-5/h12-13H,6-11H2,1-5H3. The maximum atomic E-state index is 12.1. The molecule has 0 aromatic heterocycles. The molecule has 1 unspecified atom stereocenters. The van der Waals surface area contributed by atoms with Crippen molar-refractivity contribution in [2.75, 3.05) is 20.2 Å². The molecule has 1 atom stereocenters. The molecule has 112 valence electrons. The summed E-state index contributed by atoms with van der Waals surface area (Å²) in [6, 6.07) is 0. The lowest BCUT2D eigenvalue weighted by molar-refractivity contribution is -0.146. The van der Waals surface area contributed by atoms with Crippen LogP contribution in [0.4, 0.5) is 0 Å². The first-order valence-electron chi connectivity index (χ1n) is 7.30. The van der Waals surface area contributed by atoms with Crippen molar-refractivity contribution >= 4 is 11.9 Å². The van der Waals surface area contributed by atoms with Crippen molar-refractivity contribution in [3.63, 3.8) is 0 Å². The average Bonchev–Trinajstić information content (AvgIpc) is 2.39. The predicted octanol–water partition coefficient (Wildman–Crippen LogP) is 2.86. The van der Waals surface area contributed by atoms with E-state index in [0.29, 0.717) is 6.54 Å². The van der Waals surface area contributed by atoms with Gasteiger partial charge in [0.1, 0.15) is 0 Å². The van der Waals surface area contributed by atoms with E-state index < -0.39 is 0 Å². The smallest absolute Gasteiger partial charge is 0.310 e. The van der Waals surface area contributed by atoms with E-state index in [2.05, 4.69) is 6.92 Å². The molecule has 0 heterocycles. The molecule has 0 bridgehead atoms. The molecular weight excluding hydrogens is 242 g/mol. The fourth-order valence-electron chi connectivity index (χ4n) is 1.99. The zero-order chi connectivity index (χ0) is 14.8. The normalized spacial score (nSPS) is 12.3. The highest BCUT2D eigenvalue weighted by Crippen LogP contribution is 2.10. The average molecular weight is 271 g/mol. The Hall–Kier alpha value is -1.06. The third kappa shape index (κ3) is 7.19. The number of carbonyl (C=O) groups excluding carboxylic acids is 2. The molecule has 4 heteroatoms. The van der Waals surface area contributed by atoms with Gasteiger partial charge in [-0.2, -0.15) is 0 Å². The van der Waals surface area contributed by atoms with Crippen molar-refractivity contribution < 1.29 is 14.3 Å². The highest BCUT2D eigenvalue weighted by atomic mass is 16.5. The molecule has 0 aliphatic carbocycles. The minimum absolute atomic E-state index is 0.0315. The van der Waals surface area contributed by atoms with Gasteiger partial charge in [-0.15, -0.1) is 0 Å². The van der Waals surface area contributed by atoms with Gasteiger partial charge in [0.2, 0.25) is 5.91 Å². The third-order valence-corrected chi connectivity index (χ3v) is 3.18. The predicted molar refractivity (Wildman–Crippen MR) is 76.7 cm³/mol. The van der Waals surface area contributed by atoms with Crippen LogP contribution in [0.25, 0.3) is 0 Å². The zero-order valence-corrected chi connectivity index (χ0v) is 13.1. The molecule has 0 saturated heterocycles. The van der Waals surface area contributed by atoms with Gasteiger partial charge in [0, 0.05) is 19.0 Å². The Bertz CT molecular complexity index is 277. The van der Waals surface area contributed by atoms with Crippen LogP contribution >= 0.6 is 0 Å². The lowest BCUT2D eigenvalue weighted by Crippen LogP contribution is -2.40. The quantitative estimate of drug-likeness (QED) is 0.478. The van der Waals surface area contributed by atoms with Gasteiger partial charge in [-0.1, -0.05) is 47.0 Å². The fourth-order valence-corrected chi connectivity index (χ4v) is 1.99. The molecular formula is C15H29NO3. The second-order valence-corrected chi connectivity index (χ2v) is 5.42. The summed E-state index contributed by atoms with van der Waals surface area (Å²) in [4.78, 5) is 25.4. The van der Waals surface area contributed by atoms with Crippen LogP contribution in [0, 0.1) is 11.8 Å². The second kappa shape index (κ2) is 9.82. The van der Waals surface area contributed by atoms with Crippen molar-refractivity contribution in [3.05, 3.63) is 0 Å². The summed E-state index contributed by atoms with van der Waals surface area (Å²) >= 11 is 0. The first-order valence-corrected chi connectivity index (χ1v) is 7.30. The number of hydrogen-bond donors (Lipinski definition) is 0. The van der Waals surface area contributed by atoms with Gasteiger partial charge in [0.05, 0.1) is 13.0 Å². The van der Waals surface area contributed by atoms with Gasteiger partial charge in [-0.25, -0.2) is 0 Å². The number of unbranched alkanes of at least 4 members (excludes halogenated alkanes) is 3. The molecule has 0 aliphatic heterocycles. The highest BCUT2D eigenvalue weighted by Gasteiger charge is 2.22. The molecule has 0 rings (SSSR count). The number of carbonyl (C=O) groups is 2. The molecule has 1 amide bonds. The van der Waals surface area contributed by atoms with E-state index in [4.69, 9.17) is 4.74 Å². The molecule has 0 aliphatic rings. The number of hydrogen-bond acceptors (Lipinski definition) is 3. The molecule has 0 fully saturated rings. The number of nitrogens with zero attached hydrogens (tertiary/aromatic N) is 1. The fraction of sp³-hybridized carbons (Fsp3) is 0.867. The Morgan fingerprint density at radius 3 is 2.21 bits per heavy atom. The van der Waals surface area contributed by atoms with Crippen LogP contribution in [0.5, 0.6) is 0 Å². The molecule has 0 aromatic rings. The van der Waals surface area contributed by atoms with Gasteiger partial charge in [-0.05, 0) is 6.42 Å². The number of methoxy groups -OCH3 is 1. The summed E-state index contributed by atoms with van der Waals surface area (Å²) in [5.41, 5.74) is 0. The van der Waals surface area contributed by atoms with Crippen LogP contribution in [-0.2, 0) is 14.3 Å². The maximum absolute atomic E-state index is 12.1. The van der Waals surface area contributed by atoms with Gasteiger partial charge in [-0.3, -0.25) is 9.59 Å². The van der Waals surface area contributed by atoms with Gasteiger partial charge in [0.15, 0.2) is 0 Å². The summed E-state index contributed by atoms with van der Waals surface area (Å²) in [5, 5.41) is 0.